The van der Waals surface area contributed by atoms with Gasteiger partial charge in [-0.05, 0) is 32.9 Å². The first-order valence-electron chi connectivity index (χ1n) is 5.76. The second kappa shape index (κ2) is 5.58. The number of halogens is 3. The Morgan fingerprint density at radius 2 is 1.86 bits per heavy atom. The smallest absolute Gasteiger partial charge is 0.423 e. The number of carbonyl (C=O) groups is 1. The lowest BCUT2D eigenvalue weighted by Crippen LogP contribution is -2.27. The standard InChI is InChI=1S/C12H13F3N2O4/c1-11(2,3)21-10(18)16-7-4-5-9(17(19)20)8(6-7)12(13,14)15/h4-6H,1-3H3,(H,16,18). The SMILES string of the molecule is CC(C)(C)OC(=O)Nc1ccc([N+](=O)[O-])c(C(F)(F)F)c1. The largest absolute Gasteiger partial charge is 0.444 e. The summed E-state index contributed by atoms with van der Waals surface area (Å²) in [7, 11) is 0. The molecule has 1 aromatic rings. The molecule has 6 nitrogen and oxygen atoms in total. The van der Waals surface area contributed by atoms with Gasteiger partial charge in [0.25, 0.3) is 5.69 Å². The summed E-state index contributed by atoms with van der Waals surface area (Å²) in [5.41, 5.74) is -3.60. The Labute approximate surface area is 118 Å². The van der Waals surface area contributed by atoms with Crippen LogP contribution in [0.25, 0.3) is 0 Å². The molecular formula is C12H13F3N2O4. The molecule has 0 heterocycles. The Morgan fingerprint density at radius 3 is 2.29 bits per heavy atom. The third-order valence-corrected chi connectivity index (χ3v) is 2.14. The molecule has 0 spiro atoms. The Bertz CT molecular complexity index is 565. The van der Waals surface area contributed by atoms with E-state index in [-0.39, 0.29) is 5.69 Å². The Balaban J connectivity index is 3.07. The molecule has 1 aromatic carbocycles. The van der Waals surface area contributed by atoms with Crippen LogP contribution in [-0.2, 0) is 10.9 Å². The van der Waals surface area contributed by atoms with E-state index in [4.69, 9.17) is 4.74 Å². The molecule has 1 N–H and O–H groups in total. The van der Waals surface area contributed by atoms with Crippen LogP contribution in [-0.4, -0.2) is 16.6 Å². The zero-order valence-electron chi connectivity index (χ0n) is 11.4. The van der Waals surface area contributed by atoms with Crippen LogP contribution in [0.3, 0.4) is 0 Å². The van der Waals surface area contributed by atoms with Gasteiger partial charge in [0.2, 0.25) is 0 Å². The van der Waals surface area contributed by atoms with Gasteiger partial charge in [0, 0.05) is 11.8 Å². The van der Waals surface area contributed by atoms with Crippen molar-refractivity contribution in [3.05, 3.63) is 33.9 Å². The minimum Gasteiger partial charge on any atom is -0.444 e. The quantitative estimate of drug-likeness (QED) is 0.662. The van der Waals surface area contributed by atoms with Gasteiger partial charge in [0.1, 0.15) is 11.2 Å². The van der Waals surface area contributed by atoms with Crippen molar-refractivity contribution in [2.75, 3.05) is 5.32 Å². The van der Waals surface area contributed by atoms with E-state index >= 15 is 0 Å². The molecule has 0 aliphatic heterocycles. The number of nitrogens with one attached hydrogen (secondary N) is 1. The molecule has 21 heavy (non-hydrogen) atoms. The van der Waals surface area contributed by atoms with Crippen LogP contribution in [0.1, 0.15) is 26.3 Å². The number of rotatable bonds is 2. The number of alkyl halides is 3. The van der Waals surface area contributed by atoms with Crippen molar-refractivity contribution in [3.8, 4) is 0 Å². The van der Waals surface area contributed by atoms with E-state index in [1.54, 1.807) is 20.8 Å². The lowest BCUT2D eigenvalue weighted by atomic mass is 10.1. The highest BCUT2D eigenvalue weighted by Gasteiger charge is 2.38. The van der Waals surface area contributed by atoms with Crippen LogP contribution in [0.5, 0.6) is 0 Å². The average molecular weight is 306 g/mol. The van der Waals surface area contributed by atoms with Gasteiger partial charge in [0.15, 0.2) is 0 Å². The number of ether oxygens (including phenoxy) is 1. The number of carbonyl (C=O) groups excluding carboxylic acids is 1. The third-order valence-electron chi connectivity index (χ3n) is 2.14. The monoisotopic (exact) mass is 306 g/mol. The summed E-state index contributed by atoms with van der Waals surface area (Å²) in [6, 6.07) is 2.16. The third kappa shape index (κ3) is 4.93. The van der Waals surface area contributed by atoms with Crippen LogP contribution in [0.2, 0.25) is 0 Å². The van der Waals surface area contributed by atoms with E-state index in [1.165, 1.54) is 0 Å². The van der Waals surface area contributed by atoms with Gasteiger partial charge in [-0.15, -0.1) is 0 Å². The molecule has 0 aromatic heterocycles. The van der Waals surface area contributed by atoms with Gasteiger partial charge in [-0.2, -0.15) is 13.2 Å². The number of nitro groups is 1. The number of amides is 1. The zero-order valence-corrected chi connectivity index (χ0v) is 11.4. The maximum absolute atomic E-state index is 12.7. The number of anilines is 1. The van der Waals surface area contributed by atoms with Gasteiger partial charge < -0.3 is 4.74 Å². The molecule has 116 valence electrons. The van der Waals surface area contributed by atoms with Crippen molar-refractivity contribution in [2.45, 2.75) is 32.5 Å². The molecular weight excluding hydrogens is 293 g/mol. The number of hydrogen-bond acceptors (Lipinski definition) is 4. The molecule has 0 saturated heterocycles. The average Bonchev–Trinajstić information content (AvgIpc) is 2.24. The van der Waals surface area contributed by atoms with Gasteiger partial charge in [-0.25, -0.2) is 4.79 Å². The Kier molecular flexibility index (Phi) is 4.45. The fraction of sp³-hybridized carbons (Fsp3) is 0.417. The summed E-state index contributed by atoms with van der Waals surface area (Å²) in [6.45, 7) is 4.76. The first-order chi connectivity index (χ1) is 9.40. The lowest BCUT2D eigenvalue weighted by molar-refractivity contribution is -0.388. The minimum absolute atomic E-state index is 0.248. The molecule has 0 saturated carbocycles. The minimum atomic E-state index is -4.91. The van der Waals surface area contributed by atoms with E-state index in [0.29, 0.717) is 12.1 Å². The first-order valence-corrected chi connectivity index (χ1v) is 5.76. The van der Waals surface area contributed by atoms with E-state index < -0.39 is 34.0 Å². The predicted octanol–water partition coefficient (Wildman–Crippen LogP) is 3.96. The Morgan fingerprint density at radius 1 is 1.29 bits per heavy atom. The van der Waals surface area contributed by atoms with Crippen molar-refractivity contribution < 1.29 is 27.6 Å². The van der Waals surface area contributed by atoms with Crippen LogP contribution in [0.15, 0.2) is 18.2 Å². The molecule has 0 bridgehead atoms. The molecule has 0 radical (unpaired) electrons. The van der Waals surface area contributed by atoms with Crippen molar-refractivity contribution >= 4 is 17.5 Å². The number of nitrogens with zero attached hydrogens (tertiary/aromatic N) is 1. The summed E-state index contributed by atoms with van der Waals surface area (Å²) < 4.78 is 43.1. The van der Waals surface area contributed by atoms with E-state index in [9.17, 15) is 28.1 Å². The molecule has 0 atom stereocenters. The van der Waals surface area contributed by atoms with Crippen molar-refractivity contribution in [2.24, 2.45) is 0 Å². The predicted molar refractivity (Wildman–Crippen MR) is 68.0 cm³/mol. The van der Waals surface area contributed by atoms with Crippen molar-refractivity contribution in [3.63, 3.8) is 0 Å². The molecule has 9 heteroatoms. The van der Waals surface area contributed by atoms with Crippen LogP contribution in [0.4, 0.5) is 29.3 Å². The Hall–Kier alpha value is -2.32. The number of benzene rings is 1. The number of hydrogen-bond donors (Lipinski definition) is 1. The fourth-order valence-corrected chi connectivity index (χ4v) is 1.42. The normalized spacial score (nSPS) is 11.9. The van der Waals surface area contributed by atoms with E-state index in [0.717, 1.165) is 6.07 Å². The van der Waals surface area contributed by atoms with Crippen LogP contribution >= 0.6 is 0 Å². The molecule has 1 amide bonds. The van der Waals surface area contributed by atoms with Gasteiger partial charge >= 0.3 is 12.3 Å². The highest BCUT2D eigenvalue weighted by molar-refractivity contribution is 5.85. The van der Waals surface area contributed by atoms with Crippen LogP contribution in [0, 0.1) is 10.1 Å². The molecule has 0 fully saturated rings. The van der Waals surface area contributed by atoms with Gasteiger partial charge in [0.05, 0.1) is 4.92 Å². The molecule has 0 unspecified atom stereocenters. The van der Waals surface area contributed by atoms with Crippen LogP contribution < -0.4 is 5.32 Å². The second-order valence-corrected chi connectivity index (χ2v) is 5.11. The summed E-state index contributed by atoms with van der Waals surface area (Å²) in [4.78, 5) is 20.9. The molecule has 0 aliphatic rings. The zero-order chi connectivity index (χ0) is 16.4. The molecule has 0 aliphatic carbocycles. The van der Waals surface area contributed by atoms with E-state index in [1.807, 2.05) is 0 Å². The summed E-state index contributed by atoms with van der Waals surface area (Å²) in [5, 5.41) is 12.7. The van der Waals surface area contributed by atoms with E-state index in [2.05, 4.69) is 5.32 Å². The first kappa shape index (κ1) is 16.7. The second-order valence-electron chi connectivity index (χ2n) is 5.11. The lowest BCUT2D eigenvalue weighted by Gasteiger charge is -2.20. The van der Waals surface area contributed by atoms with Crippen molar-refractivity contribution in [1.29, 1.82) is 0 Å². The summed E-state index contributed by atoms with van der Waals surface area (Å²) in [5.74, 6) is 0. The van der Waals surface area contributed by atoms with Crippen molar-refractivity contribution in [1.82, 2.24) is 0 Å². The maximum Gasteiger partial charge on any atom is 0.423 e. The summed E-state index contributed by atoms with van der Waals surface area (Å²) in [6.07, 6.45) is -5.86. The summed E-state index contributed by atoms with van der Waals surface area (Å²) >= 11 is 0. The maximum atomic E-state index is 12.7. The van der Waals surface area contributed by atoms with Gasteiger partial charge in [-0.1, -0.05) is 0 Å². The highest BCUT2D eigenvalue weighted by atomic mass is 19.4. The highest BCUT2D eigenvalue weighted by Crippen LogP contribution is 2.37. The number of nitro benzene ring substituents is 1. The topological polar surface area (TPSA) is 81.5 Å². The molecule has 1 rings (SSSR count). The fourth-order valence-electron chi connectivity index (χ4n) is 1.42. The van der Waals surface area contributed by atoms with Gasteiger partial charge in [-0.3, -0.25) is 15.4 Å².